The summed E-state index contributed by atoms with van der Waals surface area (Å²) in [5.41, 5.74) is 1.99. The molecular formula is C18H17ClN4O3. The number of nitrogens with one attached hydrogen (secondary N) is 1. The quantitative estimate of drug-likeness (QED) is 0.718. The van der Waals surface area contributed by atoms with Crippen LogP contribution >= 0.6 is 11.6 Å². The van der Waals surface area contributed by atoms with Crippen LogP contribution in [0.1, 0.15) is 15.9 Å². The Morgan fingerprint density at radius 1 is 1.15 bits per heavy atom. The van der Waals surface area contributed by atoms with Gasteiger partial charge in [-0.05, 0) is 23.8 Å². The number of ether oxygens (including phenoxy) is 2. The van der Waals surface area contributed by atoms with Crippen molar-refractivity contribution >= 4 is 23.2 Å². The van der Waals surface area contributed by atoms with E-state index in [1.165, 1.54) is 20.5 Å². The van der Waals surface area contributed by atoms with E-state index in [0.29, 0.717) is 34.3 Å². The number of benzene rings is 2. The van der Waals surface area contributed by atoms with Crippen LogP contribution in [0.5, 0.6) is 11.5 Å². The number of hydrogen-bond acceptors (Lipinski definition) is 5. The fourth-order valence-electron chi connectivity index (χ4n) is 2.42. The number of carbonyl (C=O) groups is 1. The van der Waals surface area contributed by atoms with Crippen molar-refractivity contribution in [3.63, 3.8) is 0 Å². The van der Waals surface area contributed by atoms with Gasteiger partial charge in [0.1, 0.15) is 24.2 Å². The van der Waals surface area contributed by atoms with Crippen molar-refractivity contribution in [2.45, 2.75) is 6.54 Å². The Hall–Kier alpha value is -3.06. The average Bonchev–Trinajstić information content (AvgIpc) is 3.15. The molecule has 3 aromatic rings. The van der Waals surface area contributed by atoms with Crippen molar-refractivity contribution in [2.75, 3.05) is 19.5 Å². The third-order valence-corrected chi connectivity index (χ3v) is 4.04. The maximum atomic E-state index is 12.5. The largest absolute Gasteiger partial charge is 0.495 e. The summed E-state index contributed by atoms with van der Waals surface area (Å²) in [6.45, 7) is 0.587. The van der Waals surface area contributed by atoms with Gasteiger partial charge in [-0.25, -0.2) is 9.67 Å². The van der Waals surface area contributed by atoms with Crippen molar-refractivity contribution in [2.24, 2.45) is 0 Å². The SMILES string of the molecule is COc1cc(OC)c(NC(=O)c2ccc(Cn3cncn3)cc2)cc1Cl. The smallest absolute Gasteiger partial charge is 0.255 e. The van der Waals surface area contributed by atoms with E-state index in [1.54, 1.807) is 35.3 Å². The molecule has 0 aliphatic rings. The first-order valence-corrected chi connectivity index (χ1v) is 8.12. The highest BCUT2D eigenvalue weighted by molar-refractivity contribution is 6.32. The summed E-state index contributed by atoms with van der Waals surface area (Å²) in [5, 5.41) is 7.24. The Kier molecular flexibility index (Phi) is 5.38. The van der Waals surface area contributed by atoms with E-state index in [4.69, 9.17) is 21.1 Å². The lowest BCUT2D eigenvalue weighted by Crippen LogP contribution is -2.13. The summed E-state index contributed by atoms with van der Waals surface area (Å²) in [6.07, 6.45) is 3.12. The van der Waals surface area contributed by atoms with Gasteiger partial charge in [-0.1, -0.05) is 23.7 Å². The molecule has 0 spiro atoms. The highest BCUT2D eigenvalue weighted by atomic mass is 35.5. The van der Waals surface area contributed by atoms with Gasteiger partial charge in [0.25, 0.3) is 5.91 Å². The highest BCUT2D eigenvalue weighted by Crippen LogP contribution is 2.36. The van der Waals surface area contributed by atoms with Crippen molar-refractivity contribution in [1.82, 2.24) is 14.8 Å². The van der Waals surface area contributed by atoms with E-state index >= 15 is 0 Å². The number of methoxy groups -OCH3 is 2. The minimum Gasteiger partial charge on any atom is -0.495 e. The molecule has 1 amide bonds. The lowest BCUT2D eigenvalue weighted by atomic mass is 10.1. The predicted molar refractivity (Wildman–Crippen MR) is 98.1 cm³/mol. The predicted octanol–water partition coefficient (Wildman–Crippen LogP) is 3.25. The minimum atomic E-state index is -0.267. The van der Waals surface area contributed by atoms with Gasteiger partial charge in [-0.3, -0.25) is 4.79 Å². The first kappa shape index (κ1) is 17.8. The van der Waals surface area contributed by atoms with Crippen LogP contribution in [0.2, 0.25) is 5.02 Å². The monoisotopic (exact) mass is 372 g/mol. The molecule has 0 aliphatic heterocycles. The molecule has 1 N–H and O–H groups in total. The summed E-state index contributed by atoms with van der Waals surface area (Å²) < 4.78 is 12.1. The molecule has 0 fully saturated rings. The van der Waals surface area contributed by atoms with E-state index in [0.717, 1.165) is 5.56 Å². The molecule has 0 bridgehead atoms. The van der Waals surface area contributed by atoms with E-state index in [9.17, 15) is 4.79 Å². The Morgan fingerprint density at radius 2 is 1.88 bits per heavy atom. The molecule has 0 saturated carbocycles. The summed E-state index contributed by atoms with van der Waals surface area (Å²) in [4.78, 5) is 16.4. The van der Waals surface area contributed by atoms with Crippen LogP contribution in [0.3, 0.4) is 0 Å². The number of nitrogens with zero attached hydrogens (tertiary/aromatic N) is 3. The molecule has 1 aromatic heterocycles. The number of amides is 1. The second-order valence-electron chi connectivity index (χ2n) is 5.43. The third-order valence-electron chi connectivity index (χ3n) is 3.75. The molecule has 1 heterocycles. The zero-order valence-electron chi connectivity index (χ0n) is 14.3. The molecule has 7 nitrogen and oxygen atoms in total. The Labute approximate surface area is 155 Å². The molecule has 0 radical (unpaired) electrons. The summed E-state index contributed by atoms with van der Waals surface area (Å²) >= 11 is 6.13. The second-order valence-corrected chi connectivity index (χ2v) is 5.84. The molecule has 3 rings (SSSR count). The number of carbonyl (C=O) groups excluding carboxylic acids is 1. The fraction of sp³-hybridized carbons (Fsp3) is 0.167. The summed E-state index contributed by atoms with van der Waals surface area (Å²) in [7, 11) is 3.02. The number of anilines is 1. The normalized spacial score (nSPS) is 10.4. The first-order valence-electron chi connectivity index (χ1n) is 7.75. The Bertz CT molecular complexity index is 896. The minimum absolute atomic E-state index is 0.267. The van der Waals surface area contributed by atoms with Crippen LogP contribution in [-0.4, -0.2) is 34.9 Å². The summed E-state index contributed by atoms with van der Waals surface area (Å²) in [5.74, 6) is 0.665. The molecule has 0 unspecified atom stereocenters. The van der Waals surface area contributed by atoms with Crippen molar-refractivity contribution in [3.8, 4) is 11.5 Å². The zero-order valence-corrected chi connectivity index (χ0v) is 15.0. The van der Waals surface area contributed by atoms with Crippen LogP contribution in [0.25, 0.3) is 0 Å². The molecule has 0 saturated heterocycles. The number of halogens is 1. The van der Waals surface area contributed by atoms with E-state index in [2.05, 4.69) is 15.4 Å². The van der Waals surface area contributed by atoms with Crippen LogP contribution in [0, 0.1) is 0 Å². The van der Waals surface area contributed by atoms with Crippen LogP contribution < -0.4 is 14.8 Å². The molecule has 0 aliphatic carbocycles. The molecule has 26 heavy (non-hydrogen) atoms. The zero-order chi connectivity index (χ0) is 18.5. The van der Waals surface area contributed by atoms with Gasteiger partial charge in [0.05, 0.1) is 31.5 Å². The van der Waals surface area contributed by atoms with E-state index in [1.807, 2.05) is 12.1 Å². The van der Waals surface area contributed by atoms with E-state index in [-0.39, 0.29) is 5.91 Å². The maximum absolute atomic E-state index is 12.5. The van der Waals surface area contributed by atoms with Crippen LogP contribution in [0.15, 0.2) is 49.1 Å². The summed E-state index contributed by atoms with van der Waals surface area (Å²) in [6, 6.07) is 10.5. The van der Waals surface area contributed by atoms with Crippen molar-refractivity contribution in [3.05, 3.63) is 65.2 Å². The number of rotatable bonds is 6. The van der Waals surface area contributed by atoms with Gasteiger partial charge < -0.3 is 14.8 Å². The fourth-order valence-corrected chi connectivity index (χ4v) is 2.66. The molecule has 2 aromatic carbocycles. The van der Waals surface area contributed by atoms with Gasteiger partial charge >= 0.3 is 0 Å². The lowest BCUT2D eigenvalue weighted by molar-refractivity contribution is 0.102. The topological polar surface area (TPSA) is 78.3 Å². The number of hydrogen-bond donors (Lipinski definition) is 1. The molecule has 134 valence electrons. The molecular weight excluding hydrogens is 356 g/mol. The van der Waals surface area contributed by atoms with Crippen molar-refractivity contribution in [1.29, 1.82) is 0 Å². The van der Waals surface area contributed by atoms with Gasteiger partial charge in [-0.15, -0.1) is 0 Å². The Balaban J connectivity index is 1.74. The van der Waals surface area contributed by atoms with Gasteiger partial charge in [-0.2, -0.15) is 5.10 Å². The van der Waals surface area contributed by atoms with Gasteiger partial charge in [0.2, 0.25) is 0 Å². The standard InChI is InChI=1S/C18H17ClN4O3/c1-25-16-8-17(26-2)15(7-14(16)19)22-18(24)13-5-3-12(4-6-13)9-23-11-20-10-21-23/h3-8,10-11H,9H2,1-2H3,(H,22,24). The lowest BCUT2D eigenvalue weighted by Gasteiger charge is -2.13. The first-order chi connectivity index (χ1) is 12.6. The van der Waals surface area contributed by atoms with E-state index < -0.39 is 0 Å². The highest BCUT2D eigenvalue weighted by Gasteiger charge is 2.13. The average molecular weight is 373 g/mol. The third kappa shape index (κ3) is 3.94. The van der Waals surface area contributed by atoms with Crippen LogP contribution in [-0.2, 0) is 6.54 Å². The van der Waals surface area contributed by atoms with Crippen molar-refractivity contribution < 1.29 is 14.3 Å². The number of aromatic nitrogens is 3. The maximum Gasteiger partial charge on any atom is 0.255 e. The molecule has 0 atom stereocenters. The molecule has 8 heteroatoms. The van der Waals surface area contributed by atoms with Crippen LogP contribution in [0.4, 0.5) is 5.69 Å². The van der Waals surface area contributed by atoms with Gasteiger partial charge in [0.15, 0.2) is 0 Å². The van der Waals surface area contributed by atoms with Gasteiger partial charge in [0, 0.05) is 11.6 Å². The second kappa shape index (κ2) is 7.88. The Morgan fingerprint density at radius 3 is 2.50 bits per heavy atom.